The summed E-state index contributed by atoms with van der Waals surface area (Å²) in [6.45, 7) is -0.157. The maximum atomic E-state index is 12.2. The zero-order valence-corrected chi connectivity index (χ0v) is 13.6. The van der Waals surface area contributed by atoms with Crippen molar-refractivity contribution in [2.45, 2.75) is 0 Å². The molecule has 9 heteroatoms. The minimum absolute atomic E-state index is 0.0468. The van der Waals surface area contributed by atoms with E-state index in [0.29, 0.717) is 11.8 Å². The first-order valence-corrected chi connectivity index (χ1v) is 7.33. The van der Waals surface area contributed by atoms with E-state index in [4.69, 9.17) is 15.9 Å². The SMILES string of the molecule is C#CCN1C(=O)S/C(=C\c2cc(OC)c(OC)cc2[N+](=O)[O-])C1=O. The van der Waals surface area contributed by atoms with Crippen LogP contribution >= 0.6 is 11.8 Å². The number of carbonyl (C=O) groups excluding carboxylic acids is 2. The van der Waals surface area contributed by atoms with Gasteiger partial charge in [-0.1, -0.05) is 5.92 Å². The summed E-state index contributed by atoms with van der Waals surface area (Å²) < 4.78 is 10.1. The third-order valence-corrected chi connectivity index (χ3v) is 4.05. The molecule has 0 N–H and O–H groups in total. The summed E-state index contributed by atoms with van der Waals surface area (Å²) in [6.07, 6.45) is 6.39. The standard InChI is InChI=1S/C15H12N2O6S/c1-4-5-16-14(18)13(24-15(16)19)7-9-6-11(22-2)12(23-3)8-10(9)17(20)21/h1,6-8H,5H2,2-3H3/b13-7-. The van der Waals surface area contributed by atoms with Gasteiger partial charge in [-0.15, -0.1) is 6.42 Å². The molecule has 1 saturated heterocycles. The highest BCUT2D eigenvalue weighted by molar-refractivity contribution is 8.18. The van der Waals surface area contributed by atoms with Crippen molar-refractivity contribution in [3.05, 3.63) is 32.7 Å². The quantitative estimate of drug-likeness (QED) is 0.348. The van der Waals surface area contributed by atoms with E-state index in [1.165, 1.54) is 32.4 Å². The van der Waals surface area contributed by atoms with Crippen molar-refractivity contribution in [3.63, 3.8) is 0 Å². The van der Waals surface area contributed by atoms with Crippen molar-refractivity contribution in [2.75, 3.05) is 20.8 Å². The molecule has 1 aromatic carbocycles. The largest absolute Gasteiger partial charge is 0.493 e. The van der Waals surface area contributed by atoms with Crippen molar-refractivity contribution >= 4 is 34.7 Å². The Hall–Kier alpha value is -2.99. The number of carbonyl (C=O) groups is 2. The number of benzene rings is 1. The number of nitrogens with zero attached hydrogens (tertiary/aromatic N) is 2. The highest BCUT2D eigenvalue weighted by atomic mass is 32.2. The van der Waals surface area contributed by atoms with E-state index in [-0.39, 0.29) is 34.2 Å². The Morgan fingerprint density at radius 1 is 1.33 bits per heavy atom. The lowest BCUT2D eigenvalue weighted by molar-refractivity contribution is -0.385. The molecule has 0 atom stereocenters. The Kier molecular flexibility index (Phi) is 5.11. The van der Waals surface area contributed by atoms with Gasteiger partial charge in [-0.25, -0.2) is 0 Å². The van der Waals surface area contributed by atoms with Gasteiger partial charge >= 0.3 is 0 Å². The normalized spacial score (nSPS) is 15.5. The van der Waals surface area contributed by atoms with Crippen LogP contribution in [-0.4, -0.2) is 41.7 Å². The number of nitro benzene ring substituents is 1. The first-order chi connectivity index (χ1) is 11.4. The monoisotopic (exact) mass is 348 g/mol. The minimum atomic E-state index is -0.612. The van der Waals surface area contributed by atoms with Crippen molar-refractivity contribution in [1.29, 1.82) is 0 Å². The van der Waals surface area contributed by atoms with E-state index in [0.717, 1.165) is 4.90 Å². The van der Waals surface area contributed by atoms with E-state index in [2.05, 4.69) is 5.92 Å². The molecule has 0 aliphatic carbocycles. The molecule has 0 bridgehead atoms. The van der Waals surface area contributed by atoms with Gasteiger partial charge in [0.25, 0.3) is 16.8 Å². The lowest BCUT2D eigenvalue weighted by Crippen LogP contribution is -2.28. The first kappa shape index (κ1) is 17.4. The Bertz CT molecular complexity index is 796. The van der Waals surface area contributed by atoms with Crippen LogP contribution in [0.25, 0.3) is 6.08 Å². The van der Waals surface area contributed by atoms with Gasteiger partial charge in [0.2, 0.25) is 0 Å². The Morgan fingerprint density at radius 3 is 2.50 bits per heavy atom. The summed E-state index contributed by atoms with van der Waals surface area (Å²) >= 11 is 0.669. The number of hydrogen-bond acceptors (Lipinski definition) is 7. The smallest absolute Gasteiger partial charge is 0.294 e. The van der Waals surface area contributed by atoms with Gasteiger partial charge in [-0.05, 0) is 23.9 Å². The number of nitro groups is 1. The molecule has 0 unspecified atom stereocenters. The van der Waals surface area contributed by atoms with Gasteiger partial charge in [0.1, 0.15) is 0 Å². The lowest BCUT2D eigenvalue weighted by Gasteiger charge is -2.09. The van der Waals surface area contributed by atoms with Crippen LogP contribution < -0.4 is 9.47 Å². The van der Waals surface area contributed by atoms with Gasteiger partial charge < -0.3 is 9.47 Å². The molecule has 1 fully saturated rings. The number of ether oxygens (including phenoxy) is 2. The summed E-state index contributed by atoms with van der Waals surface area (Å²) in [7, 11) is 2.74. The number of thioether (sulfide) groups is 1. The molecule has 1 heterocycles. The van der Waals surface area contributed by atoms with E-state index in [9.17, 15) is 19.7 Å². The van der Waals surface area contributed by atoms with Crippen LogP contribution in [0.15, 0.2) is 17.0 Å². The average Bonchev–Trinajstić information content (AvgIpc) is 2.82. The molecule has 0 saturated carbocycles. The van der Waals surface area contributed by atoms with E-state index < -0.39 is 16.1 Å². The van der Waals surface area contributed by atoms with Crippen LogP contribution in [0.2, 0.25) is 0 Å². The second kappa shape index (κ2) is 7.06. The third kappa shape index (κ3) is 3.18. The van der Waals surface area contributed by atoms with Crippen LogP contribution in [0.4, 0.5) is 10.5 Å². The van der Waals surface area contributed by atoms with Crippen molar-refractivity contribution in [2.24, 2.45) is 0 Å². The summed E-state index contributed by atoms with van der Waals surface area (Å²) in [5, 5.41) is 10.7. The second-order valence-corrected chi connectivity index (χ2v) is 5.49. The average molecular weight is 348 g/mol. The summed E-state index contributed by atoms with van der Waals surface area (Å²) in [5.74, 6) is 2.07. The van der Waals surface area contributed by atoms with Gasteiger partial charge in [-0.3, -0.25) is 24.6 Å². The molecule has 2 rings (SSSR count). The topological polar surface area (TPSA) is 99.0 Å². The molecular weight excluding hydrogens is 336 g/mol. The van der Waals surface area contributed by atoms with E-state index in [1.54, 1.807) is 0 Å². The van der Waals surface area contributed by atoms with Gasteiger partial charge in [0, 0.05) is 0 Å². The van der Waals surface area contributed by atoms with Crippen molar-refractivity contribution in [3.8, 4) is 23.8 Å². The van der Waals surface area contributed by atoms with Crippen LogP contribution in [0.3, 0.4) is 0 Å². The maximum absolute atomic E-state index is 12.2. The molecule has 0 spiro atoms. The molecule has 1 aromatic rings. The number of methoxy groups -OCH3 is 2. The van der Waals surface area contributed by atoms with Crippen molar-refractivity contribution < 1.29 is 24.0 Å². The highest BCUT2D eigenvalue weighted by Gasteiger charge is 2.35. The van der Waals surface area contributed by atoms with E-state index in [1.807, 2.05) is 0 Å². The molecule has 124 valence electrons. The third-order valence-electron chi connectivity index (χ3n) is 3.14. The molecule has 0 aromatic heterocycles. The molecule has 8 nitrogen and oxygen atoms in total. The number of hydrogen-bond donors (Lipinski definition) is 0. The second-order valence-electron chi connectivity index (χ2n) is 4.50. The minimum Gasteiger partial charge on any atom is -0.493 e. The van der Waals surface area contributed by atoms with Crippen LogP contribution in [0.1, 0.15) is 5.56 Å². The molecule has 2 amide bonds. The van der Waals surface area contributed by atoms with Crippen LogP contribution in [0.5, 0.6) is 11.5 Å². The summed E-state index contributed by atoms with van der Waals surface area (Å²) in [6, 6.07) is 2.56. The number of rotatable bonds is 5. The molecule has 1 aliphatic rings. The van der Waals surface area contributed by atoms with Gasteiger partial charge in [0.05, 0.1) is 42.2 Å². The molecule has 0 radical (unpaired) electrons. The zero-order chi connectivity index (χ0) is 17.9. The van der Waals surface area contributed by atoms with Crippen LogP contribution in [0, 0.1) is 22.5 Å². The fourth-order valence-electron chi connectivity index (χ4n) is 2.03. The zero-order valence-electron chi connectivity index (χ0n) is 12.8. The predicted molar refractivity (Wildman–Crippen MR) is 87.7 cm³/mol. The number of amides is 2. The van der Waals surface area contributed by atoms with Crippen LogP contribution in [-0.2, 0) is 4.79 Å². The first-order valence-electron chi connectivity index (χ1n) is 6.52. The fraction of sp³-hybridized carbons (Fsp3) is 0.200. The van der Waals surface area contributed by atoms with Gasteiger partial charge in [-0.2, -0.15) is 0 Å². The summed E-state index contributed by atoms with van der Waals surface area (Å²) in [4.78, 5) is 35.5. The molecule has 24 heavy (non-hydrogen) atoms. The Morgan fingerprint density at radius 2 is 1.96 bits per heavy atom. The Balaban J connectivity index is 2.53. The lowest BCUT2D eigenvalue weighted by atomic mass is 10.1. The van der Waals surface area contributed by atoms with Gasteiger partial charge in [0.15, 0.2) is 11.5 Å². The Labute approximate surface area is 141 Å². The van der Waals surface area contributed by atoms with E-state index >= 15 is 0 Å². The maximum Gasteiger partial charge on any atom is 0.294 e. The fourth-order valence-corrected chi connectivity index (χ4v) is 2.86. The number of imide groups is 1. The molecule has 1 aliphatic heterocycles. The predicted octanol–water partition coefficient (Wildman–Crippen LogP) is 2.28. The highest BCUT2D eigenvalue weighted by Crippen LogP contribution is 2.38. The molecular formula is C15H12N2O6S. The van der Waals surface area contributed by atoms with Crippen molar-refractivity contribution in [1.82, 2.24) is 4.90 Å². The number of terminal acetylenes is 1. The summed E-state index contributed by atoms with van der Waals surface area (Å²) in [5.41, 5.74) is -0.166.